The minimum absolute atomic E-state index is 0.0334. The third kappa shape index (κ3) is 3.81. The predicted molar refractivity (Wildman–Crippen MR) is 79.3 cm³/mol. The Morgan fingerprint density at radius 3 is 2.60 bits per heavy atom. The van der Waals surface area contributed by atoms with E-state index in [1.165, 1.54) is 5.56 Å². The molecule has 1 aromatic rings. The maximum atomic E-state index is 12.0. The third-order valence-electron chi connectivity index (χ3n) is 3.78. The Morgan fingerprint density at radius 1 is 1.35 bits per heavy atom. The van der Waals surface area contributed by atoms with Gasteiger partial charge in [-0.05, 0) is 29.9 Å². The van der Waals surface area contributed by atoms with Crippen molar-refractivity contribution < 1.29 is 9.53 Å². The van der Waals surface area contributed by atoms with Crippen LogP contribution >= 0.6 is 0 Å². The second-order valence-corrected chi connectivity index (χ2v) is 5.67. The number of nitrogens with two attached hydrogens (primary N) is 1. The van der Waals surface area contributed by atoms with E-state index in [4.69, 9.17) is 10.5 Å². The van der Waals surface area contributed by atoms with Gasteiger partial charge in [-0.1, -0.05) is 38.1 Å². The van der Waals surface area contributed by atoms with Gasteiger partial charge in [-0.15, -0.1) is 0 Å². The van der Waals surface area contributed by atoms with Crippen molar-refractivity contribution in [1.29, 1.82) is 0 Å². The highest BCUT2D eigenvalue weighted by molar-refractivity contribution is 5.81. The van der Waals surface area contributed by atoms with Crippen molar-refractivity contribution in [3.63, 3.8) is 0 Å². The molecule has 110 valence electrons. The van der Waals surface area contributed by atoms with Crippen LogP contribution < -0.4 is 11.1 Å². The van der Waals surface area contributed by atoms with Crippen LogP contribution in [0.2, 0.25) is 0 Å². The summed E-state index contributed by atoms with van der Waals surface area (Å²) in [5.74, 6) is 0.493. The number of hydrogen-bond acceptors (Lipinski definition) is 3. The lowest BCUT2D eigenvalue weighted by Gasteiger charge is -2.13. The summed E-state index contributed by atoms with van der Waals surface area (Å²) in [5.41, 5.74) is 7.96. The van der Waals surface area contributed by atoms with Gasteiger partial charge < -0.3 is 15.8 Å². The summed E-state index contributed by atoms with van der Waals surface area (Å²) in [6.45, 7) is 5.37. The summed E-state index contributed by atoms with van der Waals surface area (Å²) in [6.07, 6.45) is 1.34. The van der Waals surface area contributed by atoms with Gasteiger partial charge in [0.15, 0.2) is 0 Å². The fourth-order valence-electron chi connectivity index (χ4n) is 2.40. The zero-order chi connectivity index (χ0) is 14.5. The minimum atomic E-state index is -0.335. The van der Waals surface area contributed by atoms with E-state index in [-0.39, 0.29) is 18.1 Å². The fraction of sp³-hybridized carbons (Fsp3) is 0.562. The number of carbonyl (C=O) groups excluding carboxylic acids is 1. The summed E-state index contributed by atoms with van der Waals surface area (Å²) in [7, 11) is 0. The van der Waals surface area contributed by atoms with E-state index in [0.29, 0.717) is 19.0 Å². The van der Waals surface area contributed by atoms with Crippen molar-refractivity contribution in [3.8, 4) is 0 Å². The van der Waals surface area contributed by atoms with Crippen LogP contribution in [0.25, 0.3) is 0 Å². The van der Waals surface area contributed by atoms with Crippen LogP contribution in [0.4, 0.5) is 0 Å². The quantitative estimate of drug-likeness (QED) is 0.863. The molecule has 2 rings (SSSR count). The van der Waals surface area contributed by atoms with Crippen LogP contribution in [0, 0.1) is 0 Å². The molecule has 4 heteroatoms. The van der Waals surface area contributed by atoms with Crippen molar-refractivity contribution in [2.75, 3.05) is 6.54 Å². The maximum absolute atomic E-state index is 12.0. The minimum Gasteiger partial charge on any atom is -0.364 e. The second kappa shape index (κ2) is 6.86. The van der Waals surface area contributed by atoms with E-state index in [1.807, 2.05) is 0 Å². The first-order chi connectivity index (χ1) is 9.60. The van der Waals surface area contributed by atoms with Crippen LogP contribution in [0.15, 0.2) is 24.3 Å². The Morgan fingerprint density at radius 2 is 2.05 bits per heavy atom. The van der Waals surface area contributed by atoms with Gasteiger partial charge in [0.2, 0.25) is 5.91 Å². The molecule has 0 unspecified atom stereocenters. The SMILES string of the molecule is CC(C)c1ccc(CNC(=O)[C@@H]2CC[C@H](CN)O2)cc1. The average Bonchev–Trinajstić information content (AvgIpc) is 2.94. The lowest BCUT2D eigenvalue weighted by atomic mass is 10.0. The number of nitrogens with one attached hydrogen (secondary N) is 1. The smallest absolute Gasteiger partial charge is 0.249 e. The predicted octanol–water partition coefficient (Wildman–Crippen LogP) is 1.93. The topological polar surface area (TPSA) is 64.4 Å². The number of amides is 1. The molecule has 1 heterocycles. The van der Waals surface area contributed by atoms with Gasteiger partial charge in [0.25, 0.3) is 0 Å². The highest BCUT2D eigenvalue weighted by atomic mass is 16.5. The van der Waals surface area contributed by atoms with Gasteiger partial charge >= 0.3 is 0 Å². The maximum Gasteiger partial charge on any atom is 0.249 e. The first kappa shape index (κ1) is 15.0. The highest BCUT2D eigenvalue weighted by Crippen LogP contribution is 2.19. The van der Waals surface area contributed by atoms with Crippen molar-refractivity contribution >= 4 is 5.91 Å². The molecule has 3 N–H and O–H groups in total. The van der Waals surface area contributed by atoms with Gasteiger partial charge in [0, 0.05) is 13.1 Å². The second-order valence-electron chi connectivity index (χ2n) is 5.67. The molecule has 0 aromatic heterocycles. The molecule has 0 bridgehead atoms. The molecule has 1 aliphatic heterocycles. The van der Waals surface area contributed by atoms with E-state index in [9.17, 15) is 4.79 Å². The van der Waals surface area contributed by atoms with Gasteiger partial charge in [-0.3, -0.25) is 4.79 Å². The molecule has 1 amide bonds. The molecule has 1 aliphatic rings. The normalized spacial score (nSPS) is 22.2. The van der Waals surface area contributed by atoms with Gasteiger partial charge in [-0.2, -0.15) is 0 Å². The molecule has 4 nitrogen and oxygen atoms in total. The number of ether oxygens (including phenoxy) is 1. The van der Waals surface area contributed by atoms with Crippen molar-refractivity contribution in [2.45, 2.75) is 51.4 Å². The Bertz CT molecular complexity index is 442. The molecule has 2 atom stereocenters. The summed E-state index contributed by atoms with van der Waals surface area (Å²) >= 11 is 0. The van der Waals surface area contributed by atoms with Gasteiger partial charge in [0.1, 0.15) is 6.10 Å². The number of rotatable bonds is 5. The third-order valence-corrected chi connectivity index (χ3v) is 3.78. The molecule has 0 saturated carbocycles. The van der Waals surface area contributed by atoms with Crippen molar-refractivity contribution in [3.05, 3.63) is 35.4 Å². The molecule has 20 heavy (non-hydrogen) atoms. The van der Waals surface area contributed by atoms with Crippen molar-refractivity contribution in [2.24, 2.45) is 5.73 Å². The van der Waals surface area contributed by atoms with Crippen LogP contribution in [0.3, 0.4) is 0 Å². The largest absolute Gasteiger partial charge is 0.364 e. The Kier molecular flexibility index (Phi) is 5.15. The highest BCUT2D eigenvalue weighted by Gasteiger charge is 2.29. The lowest BCUT2D eigenvalue weighted by molar-refractivity contribution is -0.132. The summed E-state index contributed by atoms with van der Waals surface area (Å²) in [5, 5.41) is 2.93. The van der Waals surface area contributed by atoms with Gasteiger partial charge in [-0.25, -0.2) is 0 Å². The zero-order valence-corrected chi connectivity index (χ0v) is 12.3. The lowest BCUT2D eigenvalue weighted by Crippen LogP contribution is -2.35. The number of carbonyl (C=O) groups is 1. The first-order valence-corrected chi connectivity index (χ1v) is 7.32. The van der Waals surface area contributed by atoms with Crippen LogP contribution in [0.5, 0.6) is 0 Å². The van der Waals surface area contributed by atoms with Crippen LogP contribution in [-0.4, -0.2) is 24.7 Å². The molecular weight excluding hydrogens is 252 g/mol. The van der Waals surface area contributed by atoms with E-state index >= 15 is 0 Å². The van der Waals surface area contributed by atoms with Crippen molar-refractivity contribution in [1.82, 2.24) is 5.32 Å². The summed E-state index contributed by atoms with van der Waals surface area (Å²) in [6, 6.07) is 8.35. The molecule has 0 spiro atoms. The summed E-state index contributed by atoms with van der Waals surface area (Å²) < 4.78 is 5.57. The molecule has 1 saturated heterocycles. The van der Waals surface area contributed by atoms with E-state index in [0.717, 1.165) is 18.4 Å². The molecule has 0 aliphatic carbocycles. The number of benzene rings is 1. The van der Waals surface area contributed by atoms with E-state index in [1.54, 1.807) is 0 Å². The molecule has 0 radical (unpaired) electrons. The monoisotopic (exact) mass is 276 g/mol. The average molecular weight is 276 g/mol. The zero-order valence-electron chi connectivity index (χ0n) is 12.3. The Balaban J connectivity index is 1.81. The Hall–Kier alpha value is -1.39. The Labute approximate surface area is 120 Å². The van der Waals surface area contributed by atoms with Gasteiger partial charge in [0.05, 0.1) is 6.10 Å². The number of hydrogen-bond donors (Lipinski definition) is 2. The fourth-order valence-corrected chi connectivity index (χ4v) is 2.40. The van der Waals surface area contributed by atoms with E-state index < -0.39 is 0 Å². The summed E-state index contributed by atoms with van der Waals surface area (Å²) in [4.78, 5) is 12.0. The molecule has 1 fully saturated rings. The first-order valence-electron chi connectivity index (χ1n) is 7.32. The standard InChI is InChI=1S/C16H24N2O2/c1-11(2)13-5-3-12(4-6-13)10-18-16(19)15-8-7-14(9-17)20-15/h3-6,11,14-15H,7-10,17H2,1-2H3,(H,18,19)/t14-,15+/m1/s1. The molecular formula is C16H24N2O2. The van der Waals surface area contributed by atoms with Crippen LogP contribution in [0.1, 0.15) is 43.7 Å². The van der Waals surface area contributed by atoms with E-state index in [2.05, 4.69) is 43.4 Å². The molecule has 1 aromatic carbocycles. The van der Waals surface area contributed by atoms with Crippen LogP contribution in [-0.2, 0) is 16.1 Å².